The highest BCUT2D eigenvalue weighted by Gasteiger charge is 2.22. The van der Waals surface area contributed by atoms with Gasteiger partial charge in [-0.15, -0.1) is 0 Å². The molecule has 19 heavy (non-hydrogen) atoms. The highest BCUT2D eigenvalue weighted by Crippen LogP contribution is 2.18. The van der Waals surface area contributed by atoms with Gasteiger partial charge in [-0.1, -0.05) is 0 Å². The van der Waals surface area contributed by atoms with Crippen LogP contribution < -0.4 is 4.90 Å². The lowest BCUT2D eigenvalue weighted by molar-refractivity contribution is -0.147. The van der Waals surface area contributed by atoms with E-state index >= 15 is 0 Å². The van der Waals surface area contributed by atoms with E-state index in [1.165, 1.54) is 12.4 Å². The van der Waals surface area contributed by atoms with Gasteiger partial charge in [0.1, 0.15) is 6.10 Å². The van der Waals surface area contributed by atoms with E-state index in [1.54, 1.807) is 25.9 Å². The largest absolute Gasteiger partial charge is 0.466 e. The summed E-state index contributed by atoms with van der Waals surface area (Å²) in [5, 5.41) is 19.6. The standard InChI is InChI=1S/C12H19N3O4/c1-4-19-10(17)5-9(16)11(18)8-6-13-12(14-7-8)15(2)3/h6-7,9,11,16,18H,4-5H2,1-3H3. The molecule has 0 saturated heterocycles. The Balaban J connectivity index is 2.65. The van der Waals surface area contributed by atoms with Crippen molar-refractivity contribution in [2.45, 2.75) is 25.6 Å². The maximum atomic E-state index is 11.2. The Kier molecular flexibility index (Phi) is 5.65. The Hall–Kier alpha value is -1.73. The van der Waals surface area contributed by atoms with Crippen LogP contribution in [0.1, 0.15) is 25.0 Å². The van der Waals surface area contributed by atoms with Crippen LogP contribution in [0.15, 0.2) is 12.4 Å². The van der Waals surface area contributed by atoms with Crippen LogP contribution in [0.25, 0.3) is 0 Å². The second-order valence-corrected chi connectivity index (χ2v) is 4.23. The van der Waals surface area contributed by atoms with Gasteiger partial charge in [-0.2, -0.15) is 0 Å². The Morgan fingerprint density at radius 1 is 1.37 bits per heavy atom. The van der Waals surface area contributed by atoms with E-state index in [1.807, 2.05) is 0 Å². The normalized spacial score (nSPS) is 13.7. The molecular formula is C12H19N3O4. The number of hydrogen-bond donors (Lipinski definition) is 2. The smallest absolute Gasteiger partial charge is 0.308 e. The number of carbonyl (C=O) groups excluding carboxylic acids is 1. The molecule has 0 saturated carbocycles. The van der Waals surface area contributed by atoms with Crippen molar-refractivity contribution in [1.82, 2.24) is 9.97 Å². The molecule has 0 aliphatic carbocycles. The van der Waals surface area contributed by atoms with Crippen LogP contribution in [0.5, 0.6) is 0 Å². The van der Waals surface area contributed by atoms with Crippen molar-refractivity contribution in [3.05, 3.63) is 18.0 Å². The third-order valence-electron chi connectivity index (χ3n) is 2.45. The highest BCUT2D eigenvalue weighted by molar-refractivity contribution is 5.70. The van der Waals surface area contributed by atoms with E-state index in [-0.39, 0.29) is 13.0 Å². The molecular weight excluding hydrogens is 250 g/mol. The van der Waals surface area contributed by atoms with Crippen molar-refractivity contribution in [2.24, 2.45) is 0 Å². The molecule has 2 N–H and O–H groups in total. The molecule has 2 unspecified atom stereocenters. The third kappa shape index (κ3) is 4.46. The molecule has 1 heterocycles. The van der Waals surface area contributed by atoms with Crippen molar-refractivity contribution >= 4 is 11.9 Å². The molecule has 0 aliphatic heterocycles. The maximum Gasteiger partial charge on any atom is 0.308 e. The highest BCUT2D eigenvalue weighted by atomic mass is 16.5. The molecule has 0 spiro atoms. The second kappa shape index (κ2) is 7.01. The molecule has 2 atom stereocenters. The molecule has 1 rings (SSSR count). The van der Waals surface area contributed by atoms with E-state index < -0.39 is 18.2 Å². The Morgan fingerprint density at radius 2 is 1.95 bits per heavy atom. The molecule has 7 heteroatoms. The molecule has 7 nitrogen and oxygen atoms in total. The summed E-state index contributed by atoms with van der Waals surface area (Å²) >= 11 is 0. The maximum absolute atomic E-state index is 11.2. The van der Waals surface area contributed by atoms with Gasteiger partial charge < -0.3 is 19.8 Å². The molecule has 0 aromatic carbocycles. The van der Waals surface area contributed by atoms with Crippen molar-refractivity contribution in [3.63, 3.8) is 0 Å². The van der Waals surface area contributed by atoms with Gasteiger partial charge in [-0.25, -0.2) is 9.97 Å². The number of ether oxygens (including phenoxy) is 1. The predicted molar refractivity (Wildman–Crippen MR) is 68.6 cm³/mol. The van der Waals surface area contributed by atoms with Crippen LogP contribution in [0, 0.1) is 0 Å². The lowest BCUT2D eigenvalue weighted by atomic mass is 10.1. The minimum absolute atomic E-state index is 0.238. The van der Waals surface area contributed by atoms with Crippen molar-refractivity contribution < 1.29 is 19.7 Å². The Bertz CT molecular complexity index is 408. The van der Waals surface area contributed by atoms with Crippen LogP contribution in [-0.2, 0) is 9.53 Å². The number of aromatic nitrogens is 2. The van der Waals surface area contributed by atoms with Crippen molar-refractivity contribution in [3.8, 4) is 0 Å². The first kappa shape index (κ1) is 15.3. The van der Waals surface area contributed by atoms with Gasteiger partial charge in [0.25, 0.3) is 0 Å². The summed E-state index contributed by atoms with van der Waals surface area (Å²) in [6, 6.07) is 0. The lowest BCUT2D eigenvalue weighted by Crippen LogP contribution is -2.23. The van der Waals surface area contributed by atoms with Crippen LogP contribution in [0.3, 0.4) is 0 Å². The van der Waals surface area contributed by atoms with E-state index in [0.29, 0.717) is 11.5 Å². The van der Waals surface area contributed by atoms with E-state index in [4.69, 9.17) is 4.74 Å². The minimum Gasteiger partial charge on any atom is -0.466 e. The van der Waals surface area contributed by atoms with Crippen molar-refractivity contribution in [1.29, 1.82) is 0 Å². The molecule has 0 bridgehead atoms. The average molecular weight is 269 g/mol. The number of nitrogens with zero attached hydrogens (tertiary/aromatic N) is 3. The van der Waals surface area contributed by atoms with Gasteiger partial charge in [0, 0.05) is 32.1 Å². The van der Waals surface area contributed by atoms with Gasteiger partial charge in [0.2, 0.25) is 5.95 Å². The summed E-state index contributed by atoms with van der Waals surface area (Å²) in [5.74, 6) is -0.0595. The average Bonchev–Trinajstić information content (AvgIpc) is 2.38. The van der Waals surface area contributed by atoms with Crippen LogP contribution in [0.4, 0.5) is 5.95 Å². The number of aliphatic hydroxyl groups is 2. The van der Waals surface area contributed by atoms with Gasteiger partial charge in [-0.3, -0.25) is 4.79 Å². The first-order chi connectivity index (χ1) is 8.95. The number of hydrogen-bond acceptors (Lipinski definition) is 7. The fourth-order valence-electron chi connectivity index (χ4n) is 1.44. The first-order valence-corrected chi connectivity index (χ1v) is 5.96. The first-order valence-electron chi connectivity index (χ1n) is 5.96. The molecule has 0 fully saturated rings. The quantitative estimate of drug-likeness (QED) is 0.695. The molecule has 1 aromatic rings. The van der Waals surface area contributed by atoms with Gasteiger partial charge >= 0.3 is 5.97 Å². The van der Waals surface area contributed by atoms with Gasteiger partial charge in [0.05, 0.1) is 19.1 Å². The van der Waals surface area contributed by atoms with Crippen LogP contribution >= 0.6 is 0 Å². The van der Waals surface area contributed by atoms with Crippen molar-refractivity contribution in [2.75, 3.05) is 25.6 Å². The number of esters is 1. The summed E-state index contributed by atoms with van der Waals surface area (Å²) in [6.45, 7) is 1.91. The molecule has 106 valence electrons. The number of anilines is 1. The van der Waals surface area contributed by atoms with E-state index in [2.05, 4.69) is 9.97 Å². The zero-order valence-electron chi connectivity index (χ0n) is 11.3. The molecule has 0 radical (unpaired) electrons. The molecule has 0 aliphatic rings. The fourth-order valence-corrected chi connectivity index (χ4v) is 1.44. The van der Waals surface area contributed by atoms with Crippen LogP contribution in [-0.4, -0.2) is 53.0 Å². The Morgan fingerprint density at radius 3 is 2.42 bits per heavy atom. The summed E-state index contributed by atoms with van der Waals surface area (Å²) in [5.41, 5.74) is 0.349. The summed E-state index contributed by atoms with van der Waals surface area (Å²) in [4.78, 5) is 21.0. The summed E-state index contributed by atoms with van der Waals surface area (Å²) in [6.07, 6.45) is 0.0983. The van der Waals surface area contributed by atoms with Crippen LogP contribution in [0.2, 0.25) is 0 Å². The van der Waals surface area contributed by atoms with E-state index in [0.717, 1.165) is 0 Å². The number of rotatable bonds is 6. The predicted octanol–water partition coefficient (Wildman–Crippen LogP) is -0.110. The zero-order valence-corrected chi connectivity index (χ0v) is 11.3. The minimum atomic E-state index is -1.24. The van der Waals surface area contributed by atoms with E-state index in [9.17, 15) is 15.0 Å². The number of carbonyl (C=O) groups is 1. The summed E-state index contributed by atoms with van der Waals surface area (Å²) < 4.78 is 4.70. The number of aliphatic hydroxyl groups excluding tert-OH is 2. The topological polar surface area (TPSA) is 95.8 Å². The second-order valence-electron chi connectivity index (χ2n) is 4.23. The third-order valence-corrected chi connectivity index (χ3v) is 2.45. The summed E-state index contributed by atoms with van der Waals surface area (Å²) in [7, 11) is 3.59. The molecule has 0 amide bonds. The Labute approximate surface area is 111 Å². The SMILES string of the molecule is CCOC(=O)CC(O)C(O)c1cnc(N(C)C)nc1. The lowest BCUT2D eigenvalue weighted by Gasteiger charge is -2.17. The van der Waals surface area contributed by atoms with Gasteiger partial charge in [0.15, 0.2) is 0 Å². The van der Waals surface area contributed by atoms with Gasteiger partial charge in [-0.05, 0) is 6.92 Å². The zero-order chi connectivity index (χ0) is 14.4. The molecule has 1 aromatic heterocycles. The monoisotopic (exact) mass is 269 g/mol. The fraction of sp³-hybridized carbons (Fsp3) is 0.583.